The number of likely N-dealkylation sites (N-methyl/N-ethyl adjacent to an activating group) is 1. The van der Waals surface area contributed by atoms with Crippen molar-refractivity contribution in [3.05, 3.63) is 64.7 Å². The Morgan fingerprint density at radius 1 is 1.12 bits per heavy atom. The first kappa shape index (κ1) is 19.3. The molecule has 4 nitrogen and oxygen atoms in total. The van der Waals surface area contributed by atoms with Gasteiger partial charge in [-0.3, -0.25) is 4.90 Å². The largest absolute Gasteiger partial charge is 0.497 e. The minimum atomic E-state index is -0.505. The third-order valence-electron chi connectivity index (χ3n) is 4.20. The highest BCUT2D eigenvalue weighted by Crippen LogP contribution is 2.28. The Balaban J connectivity index is 2.00. The lowest BCUT2D eigenvalue weighted by molar-refractivity contribution is -0.146. The number of rotatable bonds is 8. The summed E-state index contributed by atoms with van der Waals surface area (Å²) >= 11 is 6.28. The number of benzene rings is 2. The fraction of sp³-hybridized carbons (Fsp3) is 0.350. The van der Waals surface area contributed by atoms with Gasteiger partial charge < -0.3 is 9.47 Å². The molecule has 0 amide bonds. The lowest BCUT2D eigenvalue weighted by Gasteiger charge is -2.27. The van der Waals surface area contributed by atoms with E-state index >= 15 is 0 Å². The van der Waals surface area contributed by atoms with Crippen molar-refractivity contribution < 1.29 is 14.3 Å². The Hall–Kier alpha value is -2.04. The summed E-state index contributed by atoms with van der Waals surface area (Å²) in [5.74, 6) is 0.547. The first-order valence-electron chi connectivity index (χ1n) is 8.22. The predicted octanol–water partition coefficient (Wildman–Crippen LogP) is 4.13. The molecule has 0 N–H and O–H groups in total. The Morgan fingerprint density at radius 2 is 1.80 bits per heavy atom. The van der Waals surface area contributed by atoms with Gasteiger partial charge in [-0.2, -0.15) is 0 Å². The van der Waals surface area contributed by atoms with Crippen LogP contribution in [0, 0.1) is 0 Å². The minimum absolute atomic E-state index is 0.306. The standard InChI is InChI=1S/C20H24ClNO3/c1-22(14-6-7-15-10-12-16(24-2)13-11-15)19(20(23)25-3)17-8-4-5-9-18(17)21/h4-5,8-13,19H,6-7,14H2,1-3H3. The highest BCUT2D eigenvalue weighted by Gasteiger charge is 2.27. The molecular weight excluding hydrogens is 338 g/mol. The topological polar surface area (TPSA) is 38.8 Å². The third kappa shape index (κ3) is 5.21. The number of nitrogens with zero attached hydrogens (tertiary/aromatic N) is 1. The van der Waals surface area contributed by atoms with E-state index in [9.17, 15) is 4.79 Å². The third-order valence-corrected chi connectivity index (χ3v) is 4.54. The molecule has 0 heterocycles. The molecule has 2 rings (SSSR count). The molecule has 0 bridgehead atoms. The zero-order valence-electron chi connectivity index (χ0n) is 14.9. The Labute approximate surface area is 154 Å². The molecule has 0 fully saturated rings. The van der Waals surface area contributed by atoms with E-state index in [1.165, 1.54) is 12.7 Å². The number of ether oxygens (including phenoxy) is 2. The fourth-order valence-electron chi connectivity index (χ4n) is 2.81. The van der Waals surface area contributed by atoms with E-state index < -0.39 is 6.04 Å². The van der Waals surface area contributed by atoms with Gasteiger partial charge >= 0.3 is 5.97 Å². The number of hydrogen-bond donors (Lipinski definition) is 0. The van der Waals surface area contributed by atoms with Gasteiger partial charge in [-0.15, -0.1) is 0 Å². The average Bonchev–Trinajstić information content (AvgIpc) is 2.64. The molecular formula is C20H24ClNO3. The number of methoxy groups -OCH3 is 2. The van der Waals surface area contributed by atoms with Crippen molar-refractivity contribution in [1.82, 2.24) is 4.90 Å². The van der Waals surface area contributed by atoms with Crippen LogP contribution in [0.25, 0.3) is 0 Å². The van der Waals surface area contributed by atoms with Crippen molar-refractivity contribution >= 4 is 17.6 Å². The van der Waals surface area contributed by atoms with Gasteiger partial charge in [0.05, 0.1) is 14.2 Å². The van der Waals surface area contributed by atoms with E-state index in [0.717, 1.165) is 30.7 Å². The van der Waals surface area contributed by atoms with Crippen molar-refractivity contribution in [1.29, 1.82) is 0 Å². The molecule has 0 saturated heterocycles. The SMILES string of the molecule is COC(=O)C(c1ccccc1Cl)N(C)CCCc1ccc(OC)cc1. The van der Waals surface area contributed by atoms with Gasteiger partial charge in [0.2, 0.25) is 0 Å². The quantitative estimate of drug-likeness (QED) is 0.663. The van der Waals surface area contributed by atoms with Crippen LogP contribution < -0.4 is 4.74 Å². The second-order valence-corrected chi connectivity index (χ2v) is 6.29. The van der Waals surface area contributed by atoms with E-state index in [2.05, 4.69) is 12.1 Å². The number of aryl methyl sites for hydroxylation is 1. The van der Waals surface area contributed by atoms with Crippen LogP contribution in [-0.2, 0) is 16.0 Å². The molecule has 25 heavy (non-hydrogen) atoms. The molecule has 134 valence electrons. The summed E-state index contributed by atoms with van der Waals surface area (Å²) in [6.07, 6.45) is 1.84. The van der Waals surface area contributed by atoms with E-state index in [0.29, 0.717) is 5.02 Å². The van der Waals surface area contributed by atoms with Crippen LogP contribution in [0.3, 0.4) is 0 Å². The van der Waals surface area contributed by atoms with Gasteiger partial charge in [0.1, 0.15) is 11.8 Å². The summed E-state index contributed by atoms with van der Waals surface area (Å²) in [5.41, 5.74) is 2.00. The zero-order chi connectivity index (χ0) is 18.2. The maximum absolute atomic E-state index is 12.3. The number of halogens is 1. The summed E-state index contributed by atoms with van der Waals surface area (Å²) in [5, 5.41) is 0.569. The molecule has 1 atom stereocenters. The number of carbonyl (C=O) groups excluding carboxylic acids is 1. The van der Waals surface area contributed by atoms with Crippen LogP contribution in [0.5, 0.6) is 5.75 Å². The minimum Gasteiger partial charge on any atom is -0.497 e. The van der Waals surface area contributed by atoms with E-state index in [1.54, 1.807) is 13.2 Å². The molecule has 2 aromatic rings. The summed E-state index contributed by atoms with van der Waals surface area (Å²) in [4.78, 5) is 14.3. The summed E-state index contributed by atoms with van der Waals surface area (Å²) in [7, 11) is 4.97. The first-order valence-corrected chi connectivity index (χ1v) is 8.60. The maximum Gasteiger partial charge on any atom is 0.327 e. The van der Waals surface area contributed by atoms with Gasteiger partial charge in [-0.1, -0.05) is 41.9 Å². The van der Waals surface area contributed by atoms with Gasteiger partial charge in [0.15, 0.2) is 0 Å². The number of hydrogen-bond acceptors (Lipinski definition) is 4. The molecule has 0 aliphatic rings. The average molecular weight is 362 g/mol. The van der Waals surface area contributed by atoms with E-state index in [1.807, 2.05) is 42.3 Å². The lowest BCUT2D eigenvalue weighted by atomic mass is 10.0. The molecule has 0 aliphatic carbocycles. The fourth-order valence-corrected chi connectivity index (χ4v) is 3.05. The second kappa shape index (κ2) is 9.44. The van der Waals surface area contributed by atoms with Crippen LogP contribution in [0.4, 0.5) is 0 Å². The van der Waals surface area contributed by atoms with Gasteiger partial charge in [0.25, 0.3) is 0 Å². The van der Waals surface area contributed by atoms with Crippen molar-refractivity contribution in [2.24, 2.45) is 0 Å². The highest BCUT2D eigenvalue weighted by atomic mass is 35.5. The van der Waals surface area contributed by atoms with E-state index in [4.69, 9.17) is 21.1 Å². The monoisotopic (exact) mass is 361 g/mol. The van der Waals surface area contributed by atoms with Crippen LogP contribution in [-0.4, -0.2) is 38.7 Å². The lowest BCUT2D eigenvalue weighted by Crippen LogP contribution is -2.33. The van der Waals surface area contributed by atoms with Gasteiger partial charge in [0, 0.05) is 5.02 Å². The van der Waals surface area contributed by atoms with Crippen LogP contribution in [0.15, 0.2) is 48.5 Å². The zero-order valence-corrected chi connectivity index (χ0v) is 15.6. The smallest absolute Gasteiger partial charge is 0.327 e. The van der Waals surface area contributed by atoms with Crippen molar-refractivity contribution in [2.75, 3.05) is 27.8 Å². The van der Waals surface area contributed by atoms with Crippen LogP contribution >= 0.6 is 11.6 Å². The normalized spacial score (nSPS) is 12.0. The molecule has 0 saturated carbocycles. The molecule has 0 aliphatic heterocycles. The molecule has 1 unspecified atom stereocenters. The summed E-state index contributed by atoms with van der Waals surface area (Å²) in [6.45, 7) is 0.747. The number of carbonyl (C=O) groups is 1. The Kier molecular flexibility index (Phi) is 7.29. The molecule has 0 spiro atoms. The van der Waals surface area contributed by atoms with Crippen molar-refractivity contribution in [2.45, 2.75) is 18.9 Å². The summed E-state index contributed by atoms with van der Waals surface area (Å²) < 4.78 is 10.2. The molecule has 5 heteroatoms. The maximum atomic E-state index is 12.3. The second-order valence-electron chi connectivity index (χ2n) is 5.88. The van der Waals surface area contributed by atoms with Crippen molar-refractivity contribution in [3.8, 4) is 5.75 Å². The van der Waals surface area contributed by atoms with E-state index in [-0.39, 0.29) is 5.97 Å². The van der Waals surface area contributed by atoms with Gasteiger partial charge in [-0.05, 0) is 55.8 Å². The van der Waals surface area contributed by atoms with Gasteiger partial charge in [-0.25, -0.2) is 4.79 Å². The molecule has 0 aromatic heterocycles. The predicted molar refractivity (Wildman–Crippen MR) is 100 cm³/mol. The van der Waals surface area contributed by atoms with Crippen LogP contribution in [0.1, 0.15) is 23.6 Å². The van der Waals surface area contributed by atoms with Crippen LogP contribution in [0.2, 0.25) is 5.02 Å². The molecule has 2 aromatic carbocycles. The summed E-state index contributed by atoms with van der Waals surface area (Å²) in [6, 6.07) is 14.9. The first-order chi connectivity index (χ1) is 12.1. The Bertz CT molecular complexity index is 688. The molecule has 0 radical (unpaired) electrons. The number of esters is 1. The highest BCUT2D eigenvalue weighted by molar-refractivity contribution is 6.31. The van der Waals surface area contributed by atoms with Crippen molar-refractivity contribution in [3.63, 3.8) is 0 Å². The Morgan fingerprint density at radius 3 is 2.40 bits per heavy atom.